The maximum atomic E-state index is 12.2. The van der Waals surface area contributed by atoms with Gasteiger partial charge < -0.3 is 15.1 Å². The third-order valence-electron chi connectivity index (χ3n) is 4.44. The molecule has 1 saturated heterocycles. The molecule has 0 aliphatic carbocycles. The van der Waals surface area contributed by atoms with Crippen molar-refractivity contribution in [2.45, 2.75) is 31.8 Å². The minimum absolute atomic E-state index is 0.0851. The molecule has 24 heavy (non-hydrogen) atoms. The maximum absolute atomic E-state index is 12.2. The van der Waals surface area contributed by atoms with Crippen LogP contribution in [0.15, 0.2) is 47.3 Å². The van der Waals surface area contributed by atoms with Crippen LogP contribution in [-0.4, -0.2) is 35.5 Å². The van der Waals surface area contributed by atoms with Crippen molar-refractivity contribution >= 4 is 6.03 Å². The lowest BCUT2D eigenvalue weighted by Gasteiger charge is -2.26. The lowest BCUT2D eigenvalue weighted by molar-refractivity contribution is 0.202. The van der Waals surface area contributed by atoms with Gasteiger partial charge in [0.15, 0.2) is 0 Å². The summed E-state index contributed by atoms with van der Waals surface area (Å²) < 4.78 is 5.57. The van der Waals surface area contributed by atoms with Crippen molar-refractivity contribution in [1.82, 2.24) is 20.5 Å². The Balaban J connectivity index is 1.55. The summed E-state index contributed by atoms with van der Waals surface area (Å²) in [7, 11) is 0. The van der Waals surface area contributed by atoms with Crippen molar-refractivity contribution in [3.05, 3.63) is 54.2 Å². The number of amides is 2. The fourth-order valence-corrected chi connectivity index (χ4v) is 3.10. The van der Waals surface area contributed by atoms with Gasteiger partial charge >= 0.3 is 6.03 Å². The molecule has 1 fully saturated rings. The first-order valence-corrected chi connectivity index (χ1v) is 8.46. The summed E-state index contributed by atoms with van der Waals surface area (Å²) in [4.78, 5) is 18.7. The predicted octanol–water partition coefficient (Wildman–Crippen LogP) is 2.87. The molecule has 0 bridgehead atoms. The summed E-state index contributed by atoms with van der Waals surface area (Å²) in [5, 5.41) is 5.92. The Bertz CT molecular complexity index is 624. The van der Waals surface area contributed by atoms with Gasteiger partial charge in [0, 0.05) is 18.9 Å². The number of hydrogen-bond donors (Lipinski definition) is 2. The third kappa shape index (κ3) is 4.14. The number of hydrogen-bond acceptors (Lipinski definition) is 4. The third-order valence-corrected chi connectivity index (χ3v) is 4.44. The first kappa shape index (κ1) is 16.5. The molecule has 0 saturated carbocycles. The van der Waals surface area contributed by atoms with Crippen LogP contribution in [0.5, 0.6) is 0 Å². The van der Waals surface area contributed by atoms with E-state index in [4.69, 9.17) is 4.42 Å². The van der Waals surface area contributed by atoms with Gasteiger partial charge in [-0.05, 0) is 56.6 Å². The van der Waals surface area contributed by atoms with Crippen LogP contribution in [-0.2, 0) is 0 Å². The van der Waals surface area contributed by atoms with E-state index in [1.54, 1.807) is 18.7 Å². The van der Waals surface area contributed by atoms with Crippen molar-refractivity contribution in [3.63, 3.8) is 0 Å². The number of nitrogens with one attached hydrogen (secondary N) is 2. The van der Waals surface area contributed by atoms with Crippen molar-refractivity contribution in [3.8, 4) is 0 Å². The average Bonchev–Trinajstić information content (AvgIpc) is 3.30. The van der Waals surface area contributed by atoms with Gasteiger partial charge in [0.25, 0.3) is 0 Å². The normalized spacial score (nSPS) is 17.4. The van der Waals surface area contributed by atoms with Crippen LogP contribution in [0.25, 0.3) is 0 Å². The first-order valence-electron chi connectivity index (χ1n) is 8.46. The molecule has 0 aromatic carbocycles. The van der Waals surface area contributed by atoms with Crippen LogP contribution in [0.4, 0.5) is 4.79 Å². The molecule has 3 rings (SSSR count). The van der Waals surface area contributed by atoms with Gasteiger partial charge in [0.05, 0.1) is 18.3 Å². The van der Waals surface area contributed by atoms with Gasteiger partial charge in [-0.3, -0.25) is 9.88 Å². The van der Waals surface area contributed by atoms with Crippen molar-refractivity contribution < 1.29 is 9.21 Å². The number of carbonyl (C=O) groups is 1. The summed E-state index contributed by atoms with van der Waals surface area (Å²) in [6.07, 6.45) is 7.56. The van der Waals surface area contributed by atoms with Crippen molar-refractivity contribution in [2.75, 3.05) is 19.6 Å². The molecule has 2 N–H and O–H groups in total. The molecule has 2 amide bonds. The molecule has 128 valence electrons. The lowest BCUT2D eigenvalue weighted by atomic mass is 10.1. The van der Waals surface area contributed by atoms with E-state index in [2.05, 4.69) is 20.5 Å². The molecule has 1 aliphatic heterocycles. The molecular formula is C18H24N4O2. The molecule has 0 radical (unpaired) electrons. The Morgan fingerprint density at radius 1 is 1.33 bits per heavy atom. The zero-order valence-electron chi connectivity index (χ0n) is 13.9. The summed E-state index contributed by atoms with van der Waals surface area (Å²) >= 11 is 0. The monoisotopic (exact) mass is 328 g/mol. The maximum Gasteiger partial charge on any atom is 0.315 e. The fraction of sp³-hybridized carbons (Fsp3) is 0.444. The van der Waals surface area contributed by atoms with E-state index >= 15 is 0 Å². The van der Waals surface area contributed by atoms with E-state index in [9.17, 15) is 4.79 Å². The number of aromatic nitrogens is 1. The molecule has 0 spiro atoms. The predicted molar refractivity (Wildman–Crippen MR) is 91.4 cm³/mol. The Hall–Kier alpha value is -2.34. The van der Waals surface area contributed by atoms with E-state index in [0.29, 0.717) is 6.54 Å². The quantitative estimate of drug-likeness (QED) is 0.855. The second kappa shape index (κ2) is 7.97. The fourth-order valence-electron chi connectivity index (χ4n) is 3.10. The lowest BCUT2D eigenvalue weighted by Crippen LogP contribution is -2.42. The molecular weight excluding hydrogens is 304 g/mol. The Morgan fingerprint density at radius 3 is 2.83 bits per heavy atom. The van der Waals surface area contributed by atoms with Crippen LogP contribution in [0, 0.1) is 0 Å². The molecule has 3 heterocycles. The minimum Gasteiger partial charge on any atom is -0.468 e. The molecule has 6 heteroatoms. The van der Waals surface area contributed by atoms with Gasteiger partial charge in [-0.1, -0.05) is 6.07 Å². The van der Waals surface area contributed by atoms with Crippen LogP contribution < -0.4 is 10.6 Å². The SMILES string of the molecule is C[C@H](NC(=O)NC[C@@H](c1ccco1)N1CCCC1)c1cccnc1. The van der Waals surface area contributed by atoms with Gasteiger partial charge in [-0.15, -0.1) is 0 Å². The highest BCUT2D eigenvalue weighted by atomic mass is 16.3. The number of pyridine rings is 1. The summed E-state index contributed by atoms with van der Waals surface area (Å²) in [5.41, 5.74) is 0.981. The average molecular weight is 328 g/mol. The number of likely N-dealkylation sites (tertiary alicyclic amines) is 1. The zero-order chi connectivity index (χ0) is 16.8. The topological polar surface area (TPSA) is 70.4 Å². The Labute approximate surface area is 142 Å². The molecule has 2 aromatic heterocycles. The van der Waals surface area contributed by atoms with Gasteiger partial charge in [-0.2, -0.15) is 0 Å². The number of rotatable bonds is 6. The van der Waals surface area contributed by atoms with E-state index in [0.717, 1.165) is 24.4 Å². The van der Waals surface area contributed by atoms with E-state index in [1.165, 1.54) is 12.8 Å². The summed E-state index contributed by atoms with van der Waals surface area (Å²) in [5.74, 6) is 0.900. The molecule has 2 aromatic rings. The Morgan fingerprint density at radius 2 is 2.17 bits per heavy atom. The highest BCUT2D eigenvalue weighted by Crippen LogP contribution is 2.24. The Kier molecular flexibility index (Phi) is 5.48. The molecule has 2 atom stereocenters. The van der Waals surface area contributed by atoms with Gasteiger partial charge in [0.2, 0.25) is 0 Å². The van der Waals surface area contributed by atoms with Crippen molar-refractivity contribution in [2.24, 2.45) is 0 Å². The summed E-state index contributed by atoms with van der Waals surface area (Å²) in [6, 6.07) is 7.50. The van der Waals surface area contributed by atoms with Crippen LogP contribution in [0.3, 0.4) is 0 Å². The number of furan rings is 1. The second-order valence-electron chi connectivity index (χ2n) is 6.14. The summed E-state index contributed by atoms with van der Waals surface area (Å²) in [6.45, 7) is 4.56. The van der Waals surface area contributed by atoms with E-state index < -0.39 is 0 Å². The molecule has 1 aliphatic rings. The van der Waals surface area contributed by atoms with Gasteiger partial charge in [-0.25, -0.2) is 4.79 Å². The van der Waals surface area contributed by atoms with E-state index in [1.807, 2.05) is 31.2 Å². The van der Waals surface area contributed by atoms with Crippen LogP contribution in [0.2, 0.25) is 0 Å². The van der Waals surface area contributed by atoms with Crippen LogP contribution in [0.1, 0.15) is 43.2 Å². The van der Waals surface area contributed by atoms with E-state index in [-0.39, 0.29) is 18.1 Å². The standard InChI is InChI=1S/C18H24N4O2/c1-14(15-6-4-8-19-12-15)21-18(23)20-13-16(17-7-5-11-24-17)22-9-2-3-10-22/h4-8,11-12,14,16H,2-3,9-10,13H2,1H3,(H2,20,21,23)/t14-,16-/m0/s1. The largest absolute Gasteiger partial charge is 0.468 e. The number of urea groups is 1. The molecule has 6 nitrogen and oxygen atoms in total. The minimum atomic E-state index is -0.179. The zero-order valence-corrected chi connectivity index (χ0v) is 13.9. The van der Waals surface area contributed by atoms with Crippen molar-refractivity contribution in [1.29, 1.82) is 0 Å². The van der Waals surface area contributed by atoms with Gasteiger partial charge in [0.1, 0.15) is 5.76 Å². The highest BCUT2D eigenvalue weighted by molar-refractivity contribution is 5.74. The first-order chi connectivity index (χ1) is 11.7. The smallest absolute Gasteiger partial charge is 0.315 e. The number of carbonyl (C=O) groups excluding carboxylic acids is 1. The second-order valence-corrected chi connectivity index (χ2v) is 6.14. The highest BCUT2D eigenvalue weighted by Gasteiger charge is 2.26. The van der Waals surface area contributed by atoms with Crippen LogP contribution >= 0.6 is 0 Å². The number of nitrogens with zero attached hydrogens (tertiary/aromatic N) is 2. The molecule has 0 unspecified atom stereocenters.